The van der Waals surface area contributed by atoms with Gasteiger partial charge in [0.05, 0.1) is 0 Å². The molecular formula is C7H9NO3. The second-order valence-electron chi connectivity index (χ2n) is 1.92. The molecule has 0 aliphatic rings. The first kappa shape index (κ1) is 9.55. The fourth-order valence-corrected chi connectivity index (χ4v) is 0.314. The maximum atomic E-state index is 10.6. The van der Waals surface area contributed by atoms with Crippen molar-refractivity contribution in [1.82, 2.24) is 0 Å². The number of hydrogen-bond acceptors (Lipinski definition) is 4. The van der Waals surface area contributed by atoms with E-state index in [1.165, 1.54) is 6.92 Å². The predicted octanol–water partition coefficient (Wildman–Crippen LogP) is 0.333. The Bertz CT molecular complexity index is 208. The van der Waals surface area contributed by atoms with Crippen LogP contribution in [0.1, 0.15) is 6.92 Å². The zero-order valence-electron chi connectivity index (χ0n) is 6.29. The van der Waals surface area contributed by atoms with Crippen molar-refractivity contribution in [2.24, 2.45) is 4.99 Å². The number of ether oxygens (including phenoxy) is 1. The summed E-state index contributed by atoms with van der Waals surface area (Å²) in [5.41, 5.74) is 0.183. The van der Waals surface area contributed by atoms with Gasteiger partial charge in [-0.2, -0.15) is 0 Å². The highest BCUT2D eigenvalue weighted by atomic mass is 16.6. The third kappa shape index (κ3) is 4.02. The first-order valence-corrected chi connectivity index (χ1v) is 2.91. The van der Waals surface area contributed by atoms with E-state index in [0.29, 0.717) is 0 Å². The standard InChI is InChI=1S/C7H9NO3/c1-5(2)7(10)11-6(9)4-8-3/h1,3-4H2,2H3. The average Bonchev–Trinajstić information content (AvgIpc) is 1.87. The summed E-state index contributed by atoms with van der Waals surface area (Å²) < 4.78 is 4.24. The van der Waals surface area contributed by atoms with Gasteiger partial charge in [0, 0.05) is 5.57 Å². The van der Waals surface area contributed by atoms with Crippen molar-refractivity contribution in [2.45, 2.75) is 6.92 Å². The van der Waals surface area contributed by atoms with Crippen LogP contribution in [0.15, 0.2) is 17.1 Å². The summed E-state index contributed by atoms with van der Waals surface area (Å²) in [5.74, 6) is -1.44. The lowest BCUT2D eigenvalue weighted by atomic mass is 10.4. The number of esters is 2. The average molecular weight is 155 g/mol. The first-order valence-electron chi connectivity index (χ1n) is 2.91. The van der Waals surface area contributed by atoms with Crippen molar-refractivity contribution in [2.75, 3.05) is 6.54 Å². The summed E-state index contributed by atoms with van der Waals surface area (Å²) >= 11 is 0. The van der Waals surface area contributed by atoms with Crippen LogP contribution >= 0.6 is 0 Å². The van der Waals surface area contributed by atoms with Gasteiger partial charge in [-0.25, -0.2) is 9.59 Å². The highest BCUT2D eigenvalue weighted by Gasteiger charge is 2.08. The van der Waals surface area contributed by atoms with Gasteiger partial charge in [-0.1, -0.05) is 6.58 Å². The lowest BCUT2D eigenvalue weighted by molar-refractivity contribution is -0.155. The molecule has 0 unspecified atom stereocenters. The number of rotatable bonds is 3. The Kier molecular flexibility index (Phi) is 3.80. The Labute approximate surface area is 64.6 Å². The van der Waals surface area contributed by atoms with Gasteiger partial charge < -0.3 is 4.74 Å². The van der Waals surface area contributed by atoms with E-state index in [-0.39, 0.29) is 12.1 Å². The van der Waals surface area contributed by atoms with Gasteiger partial charge in [-0.15, -0.1) is 0 Å². The van der Waals surface area contributed by atoms with Gasteiger partial charge in [0.1, 0.15) is 6.54 Å². The van der Waals surface area contributed by atoms with Crippen LogP contribution in [0.5, 0.6) is 0 Å². The summed E-state index contributed by atoms with van der Waals surface area (Å²) in [5, 5.41) is 0. The summed E-state index contributed by atoms with van der Waals surface area (Å²) in [6, 6.07) is 0. The summed E-state index contributed by atoms with van der Waals surface area (Å²) in [6.45, 7) is 7.61. The molecule has 4 heteroatoms. The van der Waals surface area contributed by atoms with Crippen LogP contribution in [0.25, 0.3) is 0 Å². The van der Waals surface area contributed by atoms with Crippen molar-refractivity contribution in [3.63, 3.8) is 0 Å². The van der Waals surface area contributed by atoms with Crippen LogP contribution in [-0.4, -0.2) is 25.2 Å². The Morgan fingerprint density at radius 1 is 1.55 bits per heavy atom. The highest BCUT2D eigenvalue weighted by Crippen LogP contribution is 1.92. The van der Waals surface area contributed by atoms with Crippen LogP contribution in [0.4, 0.5) is 0 Å². The van der Waals surface area contributed by atoms with E-state index in [0.717, 1.165) is 0 Å². The number of carbonyl (C=O) groups is 2. The topological polar surface area (TPSA) is 55.7 Å². The van der Waals surface area contributed by atoms with Gasteiger partial charge in [0.25, 0.3) is 0 Å². The van der Waals surface area contributed by atoms with Gasteiger partial charge >= 0.3 is 11.9 Å². The Balaban J connectivity index is 3.85. The third-order valence-electron chi connectivity index (χ3n) is 0.796. The maximum absolute atomic E-state index is 10.6. The lowest BCUT2D eigenvalue weighted by Crippen LogP contribution is -2.14. The summed E-state index contributed by atoms with van der Waals surface area (Å²) in [6.07, 6.45) is 0. The summed E-state index contributed by atoms with van der Waals surface area (Å²) in [4.78, 5) is 24.4. The minimum Gasteiger partial charge on any atom is -0.388 e. The molecule has 0 aliphatic heterocycles. The normalized spacial score (nSPS) is 8.45. The fourth-order valence-electron chi connectivity index (χ4n) is 0.314. The second-order valence-corrected chi connectivity index (χ2v) is 1.92. The SMILES string of the molecule is C=NCC(=O)OC(=O)C(=C)C. The molecule has 0 aromatic rings. The van der Waals surface area contributed by atoms with E-state index in [1.54, 1.807) is 0 Å². The molecule has 0 radical (unpaired) electrons. The van der Waals surface area contributed by atoms with E-state index in [1.807, 2.05) is 0 Å². The van der Waals surface area contributed by atoms with Gasteiger partial charge in [-0.05, 0) is 13.6 Å². The van der Waals surface area contributed by atoms with E-state index >= 15 is 0 Å². The van der Waals surface area contributed by atoms with Gasteiger partial charge in [0.15, 0.2) is 0 Å². The van der Waals surface area contributed by atoms with Crippen LogP contribution in [0.2, 0.25) is 0 Å². The first-order chi connectivity index (χ1) is 5.07. The number of aliphatic imine (C=N–C) groups is 1. The van der Waals surface area contributed by atoms with Crippen LogP contribution < -0.4 is 0 Å². The van der Waals surface area contributed by atoms with Crippen molar-refractivity contribution in [3.8, 4) is 0 Å². The largest absolute Gasteiger partial charge is 0.388 e. The van der Waals surface area contributed by atoms with Crippen LogP contribution in [0, 0.1) is 0 Å². The van der Waals surface area contributed by atoms with Crippen LogP contribution in [0.3, 0.4) is 0 Å². The highest BCUT2D eigenvalue weighted by molar-refractivity contribution is 5.95. The molecule has 0 atom stereocenters. The van der Waals surface area contributed by atoms with Gasteiger partial charge in [0.2, 0.25) is 0 Å². The number of hydrogen-bond donors (Lipinski definition) is 0. The zero-order chi connectivity index (χ0) is 8.85. The molecule has 0 fully saturated rings. The third-order valence-corrected chi connectivity index (χ3v) is 0.796. The fraction of sp³-hybridized carbons (Fsp3) is 0.286. The molecule has 0 heterocycles. The molecule has 0 aromatic heterocycles. The molecule has 4 nitrogen and oxygen atoms in total. The molecule has 0 amide bonds. The molecule has 0 N–H and O–H groups in total. The van der Waals surface area contributed by atoms with Crippen LogP contribution in [-0.2, 0) is 14.3 Å². The molecule has 0 spiro atoms. The molecular weight excluding hydrogens is 146 g/mol. The minimum atomic E-state index is -0.723. The Morgan fingerprint density at radius 2 is 2.09 bits per heavy atom. The van der Waals surface area contributed by atoms with Crippen molar-refractivity contribution in [1.29, 1.82) is 0 Å². The van der Waals surface area contributed by atoms with E-state index < -0.39 is 11.9 Å². The van der Waals surface area contributed by atoms with Crippen molar-refractivity contribution in [3.05, 3.63) is 12.2 Å². The molecule has 11 heavy (non-hydrogen) atoms. The molecule has 60 valence electrons. The predicted molar refractivity (Wildman–Crippen MR) is 40.3 cm³/mol. The quantitative estimate of drug-likeness (QED) is 0.255. The van der Waals surface area contributed by atoms with Crippen molar-refractivity contribution < 1.29 is 14.3 Å². The molecule has 0 saturated heterocycles. The summed E-state index contributed by atoms with van der Waals surface area (Å²) in [7, 11) is 0. The number of nitrogens with zero attached hydrogens (tertiary/aromatic N) is 1. The second kappa shape index (κ2) is 4.38. The molecule has 0 bridgehead atoms. The molecule has 0 aliphatic carbocycles. The lowest BCUT2D eigenvalue weighted by Gasteiger charge is -1.97. The molecule has 0 rings (SSSR count). The maximum Gasteiger partial charge on any atom is 0.340 e. The zero-order valence-corrected chi connectivity index (χ0v) is 6.29. The smallest absolute Gasteiger partial charge is 0.340 e. The van der Waals surface area contributed by atoms with E-state index in [2.05, 4.69) is 23.0 Å². The molecule has 0 saturated carbocycles. The molecule has 0 aromatic carbocycles. The van der Waals surface area contributed by atoms with E-state index in [4.69, 9.17) is 0 Å². The minimum absolute atomic E-state index is 0.183. The van der Waals surface area contributed by atoms with E-state index in [9.17, 15) is 9.59 Å². The monoisotopic (exact) mass is 155 g/mol. The number of carbonyl (C=O) groups excluding carboxylic acids is 2. The van der Waals surface area contributed by atoms with Gasteiger partial charge in [-0.3, -0.25) is 4.99 Å². The van der Waals surface area contributed by atoms with Crippen molar-refractivity contribution >= 4 is 18.7 Å². The Hall–Kier alpha value is -1.45. The Morgan fingerprint density at radius 3 is 2.45 bits per heavy atom.